The SMILES string of the molecule is CC(C)NC(C#N)(CN(C)C1CCCC1)C1CC1. The first-order chi connectivity index (χ1) is 8.57. The lowest BCUT2D eigenvalue weighted by Crippen LogP contribution is -2.57. The average molecular weight is 249 g/mol. The lowest BCUT2D eigenvalue weighted by Gasteiger charge is -2.36. The van der Waals surface area contributed by atoms with Crippen LogP contribution in [0.3, 0.4) is 0 Å². The molecule has 0 saturated heterocycles. The van der Waals surface area contributed by atoms with Crippen molar-refractivity contribution in [2.75, 3.05) is 13.6 Å². The first-order valence-electron chi connectivity index (χ1n) is 7.46. The molecule has 1 unspecified atom stereocenters. The summed E-state index contributed by atoms with van der Waals surface area (Å²) < 4.78 is 0. The highest BCUT2D eigenvalue weighted by molar-refractivity contribution is 5.17. The van der Waals surface area contributed by atoms with Gasteiger partial charge in [-0.1, -0.05) is 12.8 Å². The molecule has 0 heterocycles. The summed E-state index contributed by atoms with van der Waals surface area (Å²) in [4.78, 5) is 2.43. The van der Waals surface area contributed by atoms with Crippen LogP contribution in [0.4, 0.5) is 0 Å². The number of rotatable bonds is 6. The molecule has 102 valence electrons. The smallest absolute Gasteiger partial charge is 0.122 e. The fraction of sp³-hybridized carbons (Fsp3) is 0.933. The van der Waals surface area contributed by atoms with Gasteiger partial charge >= 0.3 is 0 Å². The predicted octanol–water partition coefficient (Wildman–Crippen LogP) is 2.53. The van der Waals surface area contributed by atoms with Crippen molar-refractivity contribution in [2.45, 2.75) is 70.0 Å². The lowest BCUT2D eigenvalue weighted by atomic mass is 9.92. The molecule has 2 saturated carbocycles. The Bertz CT molecular complexity index is 310. The fourth-order valence-corrected chi connectivity index (χ4v) is 3.41. The summed E-state index contributed by atoms with van der Waals surface area (Å²) in [6.07, 6.45) is 7.76. The summed E-state index contributed by atoms with van der Waals surface area (Å²) in [6.45, 7) is 5.17. The lowest BCUT2D eigenvalue weighted by molar-refractivity contribution is 0.172. The van der Waals surface area contributed by atoms with Gasteiger partial charge in [0.05, 0.1) is 6.07 Å². The van der Waals surface area contributed by atoms with E-state index in [0.29, 0.717) is 18.0 Å². The Labute approximate surface area is 112 Å². The van der Waals surface area contributed by atoms with Crippen LogP contribution in [0.25, 0.3) is 0 Å². The van der Waals surface area contributed by atoms with Crippen molar-refractivity contribution >= 4 is 0 Å². The second-order valence-corrected chi connectivity index (χ2v) is 6.51. The molecule has 0 aliphatic heterocycles. The molecule has 0 spiro atoms. The second-order valence-electron chi connectivity index (χ2n) is 6.51. The number of hydrogen-bond acceptors (Lipinski definition) is 3. The van der Waals surface area contributed by atoms with Crippen molar-refractivity contribution in [1.82, 2.24) is 10.2 Å². The van der Waals surface area contributed by atoms with Crippen molar-refractivity contribution in [2.24, 2.45) is 5.92 Å². The van der Waals surface area contributed by atoms with Gasteiger partial charge in [0.25, 0.3) is 0 Å². The third-order valence-electron chi connectivity index (χ3n) is 4.47. The van der Waals surface area contributed by atoms with Crippen LogP contribution in [0, 0.1) is 17.2 Å². The van der Waals surface area contributed by atoms with Crippen molar-refractivity contribution in [1.29, 1.82) is 5.26 Å². The van der Waals surface area contributed by atoms with E-state index in [1.54, 1.807) is 0 Å². The van der Waals surface area contributed by atoms with Crippen LogP contribution < -0.4 is 5.32 Å². The van der Waals surface area contributed by atoms with E-state index in [0.717, 1.165) is 6.54 Å². The van der Waals surface area contributed by atoms with E-state index in [1.165, 1.54) is 38.5 Å². The molecule has 3 heteroatoms. The molecular formula is C15H27N3. The number of nitriles is 1. The number of hydrogen-bond donors (Lipinski definition) is 1. The standard InChI is InChI=1S/C15H27N3/c1-12(2)17-15(10-16,13-8-9-13)11-18(3)14-6-4-5-7-14/h12-14,17H,4-9,11H2,1-3H3. The Balaban J connectivity index is 2.02. The molecule has 1 N–H and O–H groups in total. The zero-order chi connectivity index (χ0) is 13.2. The van der Waals surface area contributed by atoms with Crippen LogP contribution in [0.5, 0.6) is 0 Å². The molecule has 0 bridgehead atoms. The largest absolute Gasteiger partial charge is 0.301 e. The summed E-state index contributed by atoms with van der Waals surface area (Å²) in [6, 6.07) is 3.69. The fourth-order valence-electron chi connectivity index (χ4n) is 3.41. The zero-order valence-corrected chi connectivity index (χ0v) is 12.1. The van der Waals surface area contributed by atoms with Gasteiger partial charge in [0.1, 0.15) is 5.54 Å². The summed E-state index contributed by atoms with van der Waals surface area (Å²) in [5.41, 5.74) is -0.314. The Hall–Kier alpha value is -0.590. The van der Waals surface area contributed by atoms with Gasteiger partial charge in [0.2, 0.25) is 0 Å². The third kappa shape index (κ3) is 3.05. The van der Waals surface area contributed by atoms with Crippen LogP contribution >= 0.6 is 0 Å². The predicted molar refractivity (Wildman–Crippen MR) is 74.2 cm³/mol. The highest BCUT2D eigenvalue weighted by Crippen LogP contribution is 2.40. The minimum Gasteiger partial charge on any atom is -0.301 e. The van der Waals surface area contributed by atoms with Gasteiger partial charge in [-0.05, 0) is 52.5 Å². The van der Waals surface area contributed by atoms with E-state index in [-0.39, 0.29) is 5.54 Å². The minimum atomic E-state index is -0.314. The third-order valence-corrected chi connectivity index (χ3v) is 4.47. The molecular weight excluding hydrogens is 222 g/mol. The summed E-state index contributed by atoms with van der Waals surface area (Å²) in [5.74, 6) is 0.564. The topological polar surface area (TPSA) is 39.1 Å². The van der Waals surface area contributed by atoms with Gasteiger partial charge in [0, 0.05) is 18.6 Å². The van der Waals surface area contributed by atoms with Crippen LogP contribution in [0.2, 0.25) is 0 Å². The first kappa shape index (κ1) is 13.8. The van der Waals surface area contributed by atoms with Crippen LogP contribution in [0.15, 0.2) is 0 Å². The highest BCUT2D eigenvalue weighted by atomic mass is 15.2. The van der Waals surface area contributed by atoms with E-state index < -0.39 is 0 Å². The monoisotopic (exact) mass is 249 g/mol. The van der Waals surface area contributed by atoms with Crippen LogP contribution in [0.1, 0.15) is 52.4 Å². The molecule has 2 aliphatic rings. The second kappa shape index (κ2) is 5.59. The van der Waals surface area contributed by atoms with Crippen LogP contribution in [-0.4, -0.2) is 36.1 Å². The molecule has 0 aromatic carbocycles. The summed E-state index contributed by atoms with van der Waals surface area (Å²) in [5, 5.41) is 13.2. The molecule has 1 atom stereocenters. The van der Waals surface area contributed by atoms with E-state index >= 15 is 0 Å². The van der Waals surface area contributed by atoms with Gasteiger partial charge in [-0.3, -0.25) is 5.32 Å². The zero-order valence-electron chi connectivity index (χ0n) is 12.1. The van der Waals surface area contributed by atoms with Gasteiger partial charge < -0.3 is 4.90 Å². The van der Waals surface area contributed by atoms with Gasteiger partial charge in [-0.15, -0.1) is 0 Å². The van der Waals surface area contributed by atoms with E-state index in [1.807, 2.05) is 0 Å². The van der Waals surface area contributed by atoms with Crippen LogP contribution in [-0.2, 0) is 0 Å². The Morgan fingerprint density at radius 3 is 2.33 bits per heavy atom. The molecule has 18 heavy (non-hydrogen) atoms. The Kier molecular flexibility index (Phi) is 4.29. The molecule has 3 nitrogen and oxygen atoms in total. The maximum atomic E-state index is 9.69. The molecule has 2 aliphatic carbocycles. The maximum absolute atomic E-state index is 9.69. The number of likely N-dealkylation sites (N-methyl/N-ethyl adjacent to an activating group) is 1. The Morgan fingerprint density at radius 2 is 1.89 bits per heavy atom. The normalized spacial score (nSPS) is 24.4. The molecule has 0 aromatic rings. The summed E-state index contributed by atoms with van der Waals surface area (Å²) in [7, 11) is 2.20. The van der Waals surface area contributed by atoms with E-state index in [9.17, 15) is 5.26 Å². The van der Waals surface area contributed by atoms with Gasteiger partial charge in [-0.25, -0.2) is 0 Å². The Morgan fingerprint density at radius 1 is 1.28 bits per heavy atom. The minimum absolute atomic E-state index is 0.314. The average Bonchev–Trinajstić information content (AvgIpc) is 3.03. The molecule has 0 amide bonds. The van der Waals surface area contributed by atoms with Crippen molar-refractivity contribution in [3.63, 3.8) is 0 Å². The van der Waals surface area contributed by atoms with Crippen molar-refractivity contribution < 1.29 is 0 Å². The molecule has 0 aromatic heterocycles. The quantitative estimate of drug-likeness (QED) is 0.786. The van der Waals surface area contributed by atoms with Gasteiger partial charge in [-0.2, -0.15) is 5.26 Å². The first-order valence-corrected chi connectivity index (χ1v) is 7.46. The summed E-state index contributed by atoms with van der Waals surface area (Å²) >= 11 is 0. The van der Waals surface area contributed by atoms with Crippen molar-refractivity contribution in [3.05, 3.63) is 0 Å². The number of nitrogens with zero attached hydrogens (tertiary/aromatic N) is 2. The van der Waals surface area contributed by atoms with Crippen molar-refractivity contribution in [3.8, 4) is 6.07 Å². The highest BCUT2D eigenvalue weighted by Gasteiger charge is 2.47. The molecule has 2 fully saturated rings. The number of nitrogens with one attached hydrogen (secondary N) is 1. The maximum Gasteiger partial charge on any atom is 0.122 e. The van der Waals surface area contributed by atoms with Gasteiger partial charge in [0.15, 0.2) is 0 Å². The van der Waals surface area contributed by atoms with E-state index in [4.69, 9.17) is 0 Å². The van der Waals surface area contributed by atoms with E-state index in [2.05, 4.69) is 37.2 Å². The molecule has 2 rings (SSSR count). The molecule has 0 radical (unpaired) electrons.